The lowest BCUT2D eigenvalue weighted by molar-refractivity contribution is 0.120. The predicted octanol–water partition coefficient (Wildman–Crippen LogP) is 4.45. The number of rotatable bonds is 6. The number of anilines is 3. The molecule has 0 spiro atoms. The van der Waals surface area contributed by atoms with Gasteiger partial charge in [0, 0.05) is 32.5 Å². The molecule has 1 aliphatic heterocycles. The molecule has 4 rings (SSSR count). The van der Waals surface area contributed by atoms with Crippen LogP contribution in [0.3, 0.4) is 0 Å². The zero-order valence-electron chi connectivity index (χ0n) is 17.0. The van der Waals surface area contributed by atoms with E-state index in [-0.39, 0.29) is 5.02 Å². The average molecular weight is 431 g/mol. The zero-order valence-corrected chi connectivity index (χ0v) is 17.7. The van der Waals surface area contributed by atoms with Crippen LogP contribution in [0.25, 0.3) is 11.0 Å². The van der Waals surface area contributed by atoms with E-state index in [1.165, 1.54) is 18.5 Å². The van der Waals surface area contributed by atoms with Gasteiger partial charge in [0.2, 0.25) is 5.95 Å². The van der Waals surface area contributed by atoms with Gasteiger partial charge in [0.15, 0.2) is 5.82 Å². The molecule has 1 unspecified atom stereocenters. The minimum atomic E-state index is -0.470. The Labute approximate surface area is 179 Å². The van der Waals surface area contributed by atoms with Crippen LogP contribution in [0.1, 0.15) is 19.8 Å². The molecule has 0 saturated carbocycles. The van der Waals surface area contributed by atoms with Gasteiger partial charge in [-0.05, 0) is 42.9 Å². The van der Waals surface area contributed by atoms with E-state index in [4.69, 9.17) is 21.3 Å². The minimum Gasteiger partial charge on any atom is -0.384 e. The molecule has 0 bridgehead atoms. The van der Waals surface area contributed by atoms with E-state index in [9.17, 15) is 4.39 Å². The molecule has 1 saturated heterocycles. The Hall–Kier alpha value is -2.58. The van der Waals surface area contributed by atoms with E-state index in [2.05, 4.69) is 32.1 Å². The van der Waals surface area contributed by atoms with Gasteiger partial charge in [0.05, 0.1) is 11.2 Å². The van der Waals surface area contributed by atoms with Crippen LogP contribution < -0.4 is 10.2 Å². The first kappa shape index (κ1) is 20.7. The summed E-state index contributed by atoms with van der Waals surface area (Å²) in [7, 11) is 1.75. The number of nitrogens with zero attached hydrogens (tertiary/aromatic N) is 5. The molecule has 1 N–H and O–H groups in total. The molecule has 3 aromatic rings. The Morgan fingerprint density at radius 1 is 1.27 bits per heavy atom. The maximum Gasteiger partial charge on any atom is 0.226 e. The molecule has 1 aliphatic rings. The Balaban J connectivity index is 1.55. The molecule has 3 heterocycles. The third kappa shape index (κ3) is 4.44. The van der Waals surface area contributed by atoms with Crippen molar-refractivity contribution in [2.24, 2.45) is 11.8 Å². The van der Waals surface area contributed by atoms with Crippen LogP contribution in [0.2, 0.25) is 5.02 Å². The van der Waals surface area contributed by atoms with Crippen molar-refractivity contribution in [2.45, 2.75) is 19.8 Å². The second kappa shape index (κ2) is 9.06. The number of methoxy groups -OCH3 is 1. The Kier molecular flexibility index (Phi) is 6.24. The van der Waals surface area contributed by atoms with Gasteiger partial charge in [0.25, 0.3) is 0 Å². The number of nitrogens with one attached hydrogen (secondary N) is 1. The lowest BCUT2D eigenvalue weighted by Crippen LogP contribution is -2.37. The molecule has 2 aromatic heterocycles. The lowest BCUT2D eigenvalue weighted by atomic mass is 9.86. The quantitative estimate of drug-likeness (QED) is 0.618. The first-order valence-corrected chi connectivity index (χ1v) is 10.4. The van der Waals surface area contributed by atoms with Gasteiger partial charge in [-0.1, -0.05) is 18.5 Å². The number of ether oxygens (including phenoxy) is 1. The number of benzene rings is 1. The lowest BCUT2D eigenvalue weighted by Gasteiger charge is -2.34. The topological polar surface area (TPSA) is 76.1 Å². The molecule has 9 heteroatoms. The van der Waals surface area contributed by atoms with Crippen molar-refractivity contribution in [3.05, 3.63) is 41.6 Å². The number of hydrogen-bond acceptors (Lipinski definition) is 7. The summed E-state index contributed by atoms with van der Waals surface area (Å²) in [5, 5.41) is 3.20. The second-order valence-electron chi connectivity index (χ2n) is 7.64. The van der Waals surface area contributed by atoms with Crippen molar-refractivity contribution < 1.29 is 9.13 Å². The summed E-state index contributed by atoms with van der Waals surface area (Å²) in [4.78, 5) is 20.0. The highest BCUT2D eigenvalue weighted by atomic mass is 35.5. The van der Waals surface area contributed by atoms with Crippen molar-refractivity contribution in [3.63, 3.8) is 0 Å². The summed E-state index contributed by atoms with van der Waals surface area (Å²) in [6.07, 6.45) is 5.32. The monoisotopic (exact) mass is 430 g/mol. The normalized spacial score (nSPS) is 16.1. The number of aromatic nitrogens is 4. The fraction of sp³-hybridized carbons (Fsp3) is 0.429. The van der Waals surface area contributed by atoms with Crippen LogP contribution in [0.15, 0.2) is 30.7 Å². The van der Waals surface area contributed by atoms with Crippen molar-refractivity contribution >= 4 is 40.1 Å². The predicted molar refractivity (Wildman–Crippen MR) is 116 cm³/mol. The molecule has 30 heavy (non-hydrogen) atoms. The van der Waals surface area contributed by atoms with E-state index in [1.807, 2.05) is 0 Å². The van der Waals surface area contributed by atoms with Crippen LogP contribution in [-0.2, 0) is 4.74 Å². The summed E-state index contributed by atoms with van der Waals surface area (Å²) in [5.74, 6) is 1.90. The minimum absolute atomic E-state index is 0.0410. The van der Waals surface area contributed by atoms with Gasteiger partial charge in [-0.2, -0.15) is 0 Å². The summed E-state index contributed by atoms with van der Waals surface area (Å²) in [6, 6.07) is 4.42. The summed E-state index contributed by atoms with van der Waals surface area (Å²) >= 11 is 5.89. The van der Waals surface area contributed by atoms with Crippen molar-refractivity contribution in [3.8, 4) is 0 Å². The average Bonchev–Trinajstić information content (AvgIpc) is 2.76. The molecule has 158 valence electrons. The fourth-order valence-electron chi connectivity index (χ4n) is 3.87. The highest BCUT2D eigenvalue weighted by Crippen LogP contribution is 2.29. The third-order valence-corrected chi connectivity index (χ3v) is 5.89. The fourth-order valence-corrected chi connectivity index (χ4v) is 4.05. The molecular weight excluding hydrogens is 407 g/mol. The highest BCUT2D eigenvalue weighted by molar-refractivity contribution is 6.31. The number of hydrogen-bond donors (Lipinski definition) is 1. The third-order valence-electron chi connectivity index (χ3n) is 5.60. The summed E-state index contributed by atoms with van der Waals surface area (Å²) in [6.45, 7) is 4.83. The Morgan fingerprint density at radius 3 is 2.80 bits per heavy atom. The van der Waals surface area contributed by atoms with Gasteiger partial charge in [0.1, 0.15) is 23.2 Å². The molecule has 0 amide bonds. The molecular formula is C21H24ClFN6O. The highest BCUT2D eigenvalue weighted by Gasteiger charge is 2.25. The summed E-state index contributed by atoms with van der Waals surface area (Å²) < 4.78 is 18.8. The van der Waals surface area contributed by atoms with E-state index < -0.39 is 5.82 Å². The molecule has 7 nitrogen and oxygen atoms in total. The van der Waals surface area contributed by atoms with Crippen molar-refractivity contribution in [2.75, 3.05) is 37.0 Å². The molecule has 0 aliphatic carbocycles. The molecule has 1 fully saturated rings. The largest absolute Gasteiger partial charge is 0.384 e. The van der Waals surface area contributed by atoms with Crippen LogP contribution in [0.4, 0.5) is 21.8 Å². The van der Waals surface area contributed by atoms with E-state index in [0.717, 1.165) is 32.5 Å². The number of piperidine rings is 1. The van der Waals surface area contributed by atoms with Crippen molar-refractivity contribution in [1.82, 2.24) is 19.9 Å². The van der Waals surface area contributed by atoms with E-state index in [1.54, 1.807) is 19.4 Å². The smallest absolute Gasteiger partial charge is 0.226 e. The standard InChI is InChI=1S/C21H24ClFN6O/c1-13(11-30-2)14-5-7-29(8-6-14)21-24-10-18-19(28-21)20(26-12-25-18)27-15-3-4-17(23)16(22)9-15/h3-4,9-10,12-14H,5-8,11H2,1-2H3,(H,25,26,27). The Morgan fingerprint density at radius 2 is 2.07 bits per heavy atom. The van der Waals surface area contributed by atoms with Crippen LogP contribution in [0.5, 0.6) is 0 Å². The van der Waals surface area contributed by atoms with Gasteiger partial charge >= 0.3 is 0 Å². The van der Waals surface area contributed by atoms with Crippen LogP contribution >= 0.6 is 11.6 Å². The molecule has 1 atom stereocenters. The van der Waals surface area contributed by atoms with Crippen molar-refractivity contribution in [1.29, 1.82) is 0 Å². The first-order valence-electron chi connectivity index (χ1n) is 9.99. The second-order valence-corrected chi connectivity index (χ2v) is 8.04. The summed E-state index contributed by atoms with van der Waals surface area (Å²) in [5.41, 5.74) is 1.86. The number of halogens is 2. The zero-order chi connectivity index (χ0) is 21.1. The van der Waals surface area contributed by atoms with Gasteiger partial charge in [-0.25, -0.2) is 24.3 Å². The van der Waals surface area contributed by atoms with E-state index in [0.29, 0.717) is 40.3 Å². The Bertz CT molecular complexity index is 1030. The van der Waals surface area contributed by atoms with Crippen LogP contribution in [0, 0.1) is 17.7 Å². The number of fused-ring (bicyclic) bond motifs is 1. The van der Waals surface area contributed by atoms with E-state index >= 15 is 0 Å². The molecule has 1 aromatic carbocycles. The molecule has 0 radical (unpaired) electrons. The van der Waals surface area contributed by atoms with Gasteiger partial charge in [-0.3, -0.25) is 0 Å². The van der Waals surface area contributed by atoms with Crippen LogP contribution in [-0.4, -0.2) is 46.7 Å². The van der Waals surface area contributed by atoms with Gasteiger partial charge in [-0.15, -0.1) is 0 Å². The first-order chi connectivity index (χ1) is 14.5. The SMILES string of the molecule is COCC(C)C1CCN(c2ncc3ncnc(Nc4ccc(F)c(Cl)c4)c3n2)CC1. The van der Waals surface area contributed by atoms with Gasteiger partial charge < -0.3 is 15.0 Å². The maximum absolute atomic E-state index is 13.5. The maximum atomic E-state index is 13.5.